The largest absolute Gasteiger partial charge is 0.490 e. The number of carbonyl (C=O) groups excluding carboxylic acids is 1. The highest BCUT2D eigenvalue weighted by Crippen LogP contribution is 2.38. The third-order valence-electron chi connectivity index (χ3n) is 8.46. The Hall–Kier alpha value is -5.28. The van der Waals surface area contributed by atoms with Crippen LogP contribution < -0.4 is 36.7 Å². The van der Waals surface area contributed by atoms with Gasteiger partial charge in [0.1, 0.15) is 17.2 Å². The van der Waals surface area contributed by atoms with Crippen LogP contribution in [0.2, 0.25) is 0 Å². The minimum Gasteiger partial charge on any atom is -0.490 e. The number of thiophene rings is 1. The molecule has 48 heavy (non-hydrogen) atoms. The Morgan fingerprint density at radius 1 is 1.04 bits per heavy atom. The minimum absolute atomic E-state index is 0.00985. The Labute approximate surface area is 278 Å². The van der Waals surface area contributed by atoms with Gasteiger partial charge in [-0.15, -0.1) is 11.3 Å². The number of rotatable bonds is 9. The lowest BCUT2D eigenvalue weighted by Gasteiger charge is -2.32. The number of para-hydroxylation sites is 1. The summed E-state index contributed by atoms with van der Waals surface area (Å²) < 4.78 is 26.2. The highest BCUT2D eigenvalue weighted by Gasteiger charge is 2.25. The Kier molecular flexibility index (Phi) is 8.78. The van der Waals surface area contributed by atoms with Gasteiger partial charge in [-0.3, -0.25) is 14.2 Å². The first-order valence-electron chi connectivity index (χ1n) is 15.7. The summed E-state index contributed by atoms with van der Waals surface area (Å²) in [6.07, 6.45) is 3.31. The molecule has 5 aromatic rings. The number of amides is 1. The highest BCUT2D eigenvalue weighted by molar-refractivity contribution is 7.20. The number of anilines is 4. The number of nitrogen functional groups attached to an aromatic ring is 2. The number of nitrogens with two attached hydrogens (primary N) is 2. The number of hydrogen-bond donors (Lipinski definition) is 3. The second-order valence-electron chi connectivity index (χ2n) is 11.6. The van der Waals surface area contributed by atoms with Gasteiger partial charge in [0.15, 0.2) is 17.5 Å². The van der Waals surface area contributed by atoms with Crippen molar-refractivity contribution in [2.45, 2.75) is 25.3 Å². The standard InChI is InChI=1S/C33H34FN9O4S/c34-23-19-37-33(40-28(23)35)47-15-4-11-41-12-9-20(10-13-41)38-30(44)27-18-25-31(48-27)39-29(36)32(45)43(25)22-7-8-26-24(17-22)42(14-16-46-26)21-5-2-1-3-6-21/h1-3,5-8,17-20H,4,9-16H2,(H2,36,39)(H,38,44)(H2,35,37,40). The number of aromatic nitrogens is 4. The van der Waals surface area contributed by atoms with Crippen molar-refractivity contribution in [3.05, 3.63) is 81.8 Å². The van der Waals surface area contributed by atoms with Gasteiger partial charge in [0.05, 0.1) is 41.1 Å². The molecule has 5 heterocycles. The fourth-order valence-electron chi connectivity index (χ4n) is 6.02. The van der Waals surface area contributed by atoms with Crippen LogP contribution in [0.4, 0.5) is 27.4 Å². The molecule has 15 heteroatoms. The first kappa shape index (κ1) is 31.3. The van der Waals surface area contributed by atoms with Crippen LogP contribution in [0.1, 0.15) is 28.9 Å². The second kappa shape index (κ2) is 13.4. The molecule has 0 unspecified atom stereocenters. The average molecular weight is 672 g/mol. The van der Waals surface area contributed by atoms with Crippen molar-refractivity contribution in [1.82, 2.24) is 29.7 Å². The maximum absolute atomic E-state index is 13.4. The van der Waals surface area contributed by atoms with Crippen LogP contribution in [-0.4, -0.2) is 75.8 Å². The fraction of sp³-hybridized carbons (Fsp3) is 0.303. The smallest absolute Gasteiger partial charge is 0.318 e. The van der Waals surface area contributed by atoms with Gasteiger partial charge in [-0.2, -0.15) is 4.98 Å². The van der Waals surface area contributed by atoms with Gasteiger partial charge in [0.25, 0.3) is 11.5 Å². The van der Waals surface area contributed by atoms with Crippen molar-refractivity contribution in [3.63, 3.8) is 0 Å². The molecule has 2 aliphatic heterocycles. The van der Waals surface area contributed by atoms with Crippen molar-refractivity contribution in [2.24, 2.45) is 0 Å². The zero-order valence-electron chi connectivity index (χ0n) is 26.0. The molecule has 1 amide bonds. The van der Waals surface area contributed by atoms with Gasteiger partial charge in [0, 0.05) is 31.4 Å². The van der Waals surface area contributed by atoms with E-state index in [1.807, 2.05) is 48.5 Å². The van der Waals surface area contributed by atoms with Crippen molar-refractivity contribution in [3.8, 4) is 17.4 Å². The van der Waals surface area contributed by atoms with E-state index in [0.717, 1.165) is 62.2 Å². The van der Waals surface area contributed by atoms with Crippen LogP contribution >= 0.6 is 11.3 Å². The SMILES string of the molecule is Nc1nc(OCCCN2CCC(NC(=O)c3cc4c(nc(N)c(=O)n4-c4ccc5c(c4)N(c4ccccc4)CCO5)s3)CC2)ncc1F. The summed E-state index contributed by atoms with van der Waals surface area (Å²) in [5.74, 6) is -0.555. The van der Waals surface area contributed by atoms with Gasteiger partial charge in [-0.25, -0.2) is 14.4 Å². The van der Waals surface area contributed by atoms with E-state index in [-0.39, 0.29) is 29.6 Å². The number of fused-ring (bicyclic) bond motifs is 2. The van der Waals surface area contributed by atoms with E-state index in [2.05, 4.69) is 30.1 Å². The molecule has 0 radical (unpaired) electrons. The fourth-order valence-corrected chi connectivity index (χ4v) is 6.95. The first-order valence-corrected chi connectivity index (χ1v) is 16.5. The molecule has 7 rings (SSSR count). The zero-order chi connectivity index (χ0) is 33.2. The lowest BCUT2D eigenvalue weighted by Crippen LogP contribution is -2.44. The van der Waals surface area contributed by atoms with Crippen LogP contribution in [0.15, 0.2) is 65.6 Å². The van der Waals surface area contributed by atoms with E-state index < -0.39 is 11.4 Å². The number of likely N-dealkylation sites (tertiary alicyclic amines) is 1. The normalized spacial score (nSPS) is 15.2. The molecule has 2 aromatic carbocycles. The Bertz CT molecular complexity index is 2010. The maximum Gasteiger partial charge on any atom is 0.318 e. The lowest BCUT2D eigenvalue weighted by atomic mass is 10.0. The molecular weight excluding hydrogens is 637 g/mol. The van der Waals surface area contributed by atoms with Crippen molar-refractivity contribution in [1.29, 1.82) is 0 Å². The topological polar surface area (TPSA) is 167 Å². The molecule has 0 aliphatic carbocycles. The number of benzene rings is 2. The third-order valence-corrected chi connectivity index (χ3v) is 9.47. The van der Waals surface area contributed by atoms with Crippen LogP contribution in [0.5, 0.6) is 11.8 Å². The first-order chi connectivity index (χ1) is 23.3. The van der Waals surface area contributed by atoms with E-state index in [0.29, 0.717) is 40.7 Å². The summed E-state index contributed by atoms with van der Waals surface area (Å²) in [6.45, 7) is 4.00. The molecule has 1 fully saturated rings. The quantitative estimate of drug-likeness (QED) is 0.195. The number of nitrogens with one attached hydrogen (secondary N) is 1. The summed E-state index contributed by atoms with van der Waals surface area (Å²) in [6, 6.07) is 17.3. The monoisotopic (exact) mass is 671 g/mol. The zero-order valence-corrected chi connectivity index (χ0v) is 26.8. The van der Waals surface area contributed by atoms with Crippen LogP contribution in [0.25, 0.3) is 16.0 Å². The number of carbonyl (C=O) groups is 1. The predicted octanol–water partition coefficient (Wildman–Crippen LogP) is 3.73. The molecule has 0 spiro atoms. The van der Waals surface area contributed by atoms with Crippen molar-refractivity contribution < 1.29 is 18.7 Å². The Balaban J connectivity index is 1.01. The van der Waals surface area contributed by atoms with Crippen LogP contribution in [-0.2, 0) is 0 Å². The maximum atomic E-state index is 13.4. The van der Waals surface area contributed by atoms with Crippen LogP contribution in [0, 0.1) is 5.82 Å². The van der Waals surface area contributed by atoms with E-state index in [4.69, 9.17) is 20.9 Å². The molecule has 0 atom stereocenters. The van der Waals surface area contributed by atoms with Gasteiger partial charge in [0.2, 0.25) is 0 Å². The highest BCUT2D eigenvalue weighted by atomic mass is 32.1. The summed E-state index contributed by atoms with van der Waals surface area (Å²) in [4.78, 5) is 44.1. The van der Waals surface area contributed by atoms with Crippen molar-refractivity contribution in [2.75, 3.05) is 55.8 Å². The molecular formula is C33H34FN9O4S. The Morgan fingerprint density at radius 3 is 2.65 bits per heavy atom. The molecule has 0 bridgehead atoms. The van der Waals surface area contributed by atoms with Gasteiger partial charge in [-0.1, -0.05) is 18.2 Å². The van der Waals surface area contributed by atoms with Gasteiger partial charge < -0.3 is 36.1 Å². The summed E-state index contributed by atoms with van der Waals surface area (Å²) in [7, 11) is 0. The summed E-state index contributed by atoms with van der Waals surface area (Å²) in [5.41, 5.74) is 14.1. The van der Waals surface area contributed by atoms with E-state index in [9.17, 15) is 14.0 Å². The molecule has 2 aliphatic rings. The number of nitrogens with zero attached hydrogens (tertiary/aromatic N) is 6. The minimum atomic E-state index is -0.678. The number of piperidine rings is 1. The van der Waals surface area contributed by atoms with E-state index in [1.165, 1.54) is 15.9 Å². The average Bonchev–Trinajstić information content (AvgIpc) is 3.53. The summed E-state index contributed by atoms with van der Waals surface area (Å²) >= 11 is 1.20. The molecule has 248 valence electrons. The van der Waals surface area contributed by atoms with Crippen molar-refractivity contribution >= 4 is 50.6 Å². The number of ether oxygens (including phenoxy) is 2. The predicted molar refractivity (Wildman–Crippen MR) is 182 cm³/mol. The molecule has 1 saturated heterocycles. The lowest BCUT2D eigenvalue weighted by molar-refractivity contribution is 0.0913. The summed E-state index contributed by atoms with van der Waals surface area (Å²) in [5, 5.41) is 3.16. The molecule has 3 aromatic heterocycles. The molecule has 0 saturated carbocycles. The van der Waals surface area contributed by atoms with Crippen LogP contribution in [0.3, 0.4) is 0 Å². The van der Waals surface area contributed by atoms with Gasteiger partial charge >= 0.3 is 6.01 Å². The molecule has 5 N–H and O–H groups in total. The van der Waals surface area contributed by atoms with Gasteiger partial charge in [-0.05, 0) is 55.7 Å². The Morgan fingerprint density at radius 2 is 1.85 bits per heavy atom. The van der Waals surface area contributed by atoms with E-state index in [1.54, 1.807) is 6.07 Å². The molecule has 13 nitrogen and oxygen atoms in total. The number of hydrogen-bond acceptors (Lipinski definition) is 12. The third kappa shape index (κ3) is 6.46. The second-order valence-corrected chi connectivity index (χ2v) is 12.6. The number of halogens is 1. The van der Waals surface area contributed by atoms with E-state index >= 15 is 0 Å².